The number of carbonyl (C=O) groups excluding carboxylic acids is 1. The largest absolute Gasteiger partial charge is 0.399 e. The topological polar surface area (TPSA) is 55.1 Å². The number of amides is 1. The molecular formula is C14H12BrFN2O. The molecule has 2 aromatic rings. The van der Waals surface area contributed by atoms with Crippen molar-refractivity contribution in [3.63, 3.8) is 0 Å². The van der Waals surface area contributed by atoms with E-state index in [9.17, 15) is 9.18 Å². The molecule has 0 atom stereocenters. The van der Waals surface area contributed by atoms with Crippen LogP contribution in [0.1, 0.15) is 15.9 Å². The van der Waals surface area contributed by atoms with E-state index < -0.39 is 5.82 Å². The van der Waals surface area contributed by atoms with Gasteiger partial charge in [-0.1, -0.05) is 6.07 Å². The molecule has 0 saturated heterocycles. The van der Waals surface area contributed by atoms with Crippen molar-refractivity contribution in [3.8, 4) is 0 Å². The number of carbonyl (C=O) groups is 1. The standard InChI is InChI=1S/C14H12BrFN2O/c1-8-7-9(17)5-6-12(8)18-14(19)10-3-2-4-11(16)13(10)15/h2-7H,17H2,1H3,(H,18,19). The molecule has 2 aromatic carbocycles. The average molecular weight is 323 g/mol. The van der Waals surface area contributed by atoms with E-state index >= 15 is 0 Å². The molecule has 0 bridgehead atoms. The zero-order valence-corrected chi connectivity index (χ0v) is 11.8. The molecule has 0 aliphatic rings. The summed E-state index contributed by atoms with van der Waals surface area (Å²) in [6.45, 7) is 1.84. The Balaban J connectivity index is 2.28. The first-order chi connectivity index (χ1) is 8.99. The molecule has 5 heteroatoms. The van der Waals surface area contributed by atoms with Gasteiger partial charge in [0.05, 0.1) is 10.0 Å². The Morgan fingerprint density at radius 3 is 2.74 bits per heavy atom. The second kappa shape index (κ2) is 5.40. The van der Waals surface area contributed by atoms with Crippen molar-refractivity contribution < 1.29 is 9.18 Å². The van der Waals surface area contributed by atoms with Crippen molar-refractivity contribution in [2.75, 3.05) is 11.1 Å². The monoisotopic (exact) mass is 322 g/mol. The Labute approximate surface area is 118 Å². The van der Waals surface area contributed by atoms with E-state index in [2.05, 4.69) is 21.2 Å². The zero-order valence-electron chi connectivity index (χ0n) is 10.2. The number of aryl methyl sites for hydroxylation is 1. The number of nitrogens with one attached hydrogen (secondary N) is 1. The summed E-state index contributed by atoms with van der Waals surface area (Å²) >= 11 is 3.07. The highest BCUT2D eigenvalue weighted by molar-refractivity contribution is 9.10. The van der Waals surface area contributed by atoms with E-state index in [0.29, 0.717) is 11.4 Å². The summed E-state index contributed by atoms with van der Waals surface area (Å²) in [6, 6.07) is 9.50. The number of hydrogen-bond acceptors (Lipinski definition) is 2. The number of nitrogens with two attached hydrogens (primary N) is 1. The lowest BCUT2D eigenvalue weighted by molar-refractivity contribution is 0.102. The molecular weight excluding hydrogens is 311 g/mol. The lowest BCUT2D eigenvalue weighted by Crippen LogP contribution is -2.14. The van der Waals surface area contributed by atoms with Gasteiger partial charge in [0, 0.05) is 11.4 Å². The molecule has 0 aromatic heterocycles. The minimum atomic E-state index is -0.471. The van der Waals surface area contributed by atoms with Gasteiger partial charge < -0.3 is 11.1 Å². The van der Waals surface area contributed by atoms with Gasteiger partial charge in [-0.2, -0.15) is 0 Å². The summed E-state index contributed by atoms with van der Waals surface area (Å²) in [5.74, 6) is -0.846. The summed E-state index contributed by atoms with van der Waals surface area (Å²) in [7, 11) is 0. The lowest BCUT2D eigenvalue weighted by Gasteiger charge is -2.10. The van der Waals surface area contributed by atoms with Crippen LogP contribution >= 0.6 is 15.9 Å². The fourth-order valence-electron chi connectivity index (χ4n) is 1.70. The molecule has 0 spiro atoms. The number of nitrogen functional groups attached to an aromatic ring is 1. The molecule has 0 saturated carbocycles. The normalized spacial score (nSPS) is 10.3. The molecule has 98 valence electrons. The first-order valence-electron chi connectivity index (χ1n) is 5.60. The second-order valence-electron chi connectivity index (χ2n) is 4.13. The number of anilines is 2. The van der Waals surface area contributed by atoms with Gasteiger partial charge in [-0.25, -0.2) is 4.39 Å². The number of rotatable bonds is 2. The van der Waals surface area contributed by atoms with Crippen molar-refractivity contribution in [2.45, 2.75) is 6.92 Å². The number of hydrogen-bond donors (Lipinski definition) is 2. The van der Waals surface area contributed by atoms with Crippen LogP contribution in [-0.4, -0.2) is 5.91 Å². The summed E-state index contributed by atoms with van der Waals surface area (Å²) in [6.07, 6.45) is 0. The average Bonchev–Trinajstić information content (AvgIpc) is 2.36. The van der Waals surface area contributed by atoms with Crippen molar-refractivity contribution in [2.24, 2.45) is 0 Å². The summed E-state index contributed by atoms with van der Waals surface area (Å²) in [5.41, 5.74) is 8.01. The lowest BCUT2D eigenvalue weighted by atomic mass is 10.1. The van der Waals surface area contributed by atoms with Crippen LogP contribution in [0.15, 0.2) is 40.9 Å². The van der Waals surface area contributed by atoms with Gasteiger partial charge in [-0.3, -0.25) is 4.79 Å². The molecule has 19 heavy (non-hydrogen) atoms. The van der Waals surface area contributed by atoms with Gasteiger partial charge >= 0.3 is 0 Å². The molecule has 0 heterocycles. The van der Waals surface area contributed by atoms with E-state index in [-0.39, 0.29) is 15.9 Å². The Kier molecular flexibility index (Phi) is 3.85. The van der Waals surface area contributed by atoms with Crippen molar-refractivity contribution in [1.82, 2.24) is 0 Å². The molecule has 3 N–H and O–H groups in total. The van der Waals surface area contributed by atoms with E-state index in [1.807, 2.05) is 6.92 Å². The second-order valence-corrected chi connectivity index (χ2v) is 4.92. The van der Waals surface area contributed by atoms with Crippen molar-refractivity contribution in [1.29, 1.82) is 0 Å². The molecule has 0 fully saturated rings. The van der Waals surface area contributed by atoms with Gasteiger partial charge in [0.2, 0.25) is 0 Å². The first kappa shape index (κ1) is 13.5. The van der Waals surface area contributed by atoms with Crippen LogP contribution in [0.2, 0.25) is 0 Å². The van der Waals surface area contributed by atoms with Gasteiger partial charge in [0.1, 0.15) is 5.82 Å². The highest BCUT2D eigenvalue weighted by atomic mass is 79.9. The van der Waals surface area contributed by atoms with E-state index in [4.69, 9.17) is 5.73 Å². The summed E-state index contributed by atoms with van der Waals surface area (Å²) < 4.78 is 13.5. The van der Waals surface area contributed by atoms with E-state index in [1.54, 1.807) is 24.3 Å². The Hall–Kier alpha value is -1.88. The minimum absolute atomic E-state index is 0.153. The molecule has 0 unspecified atom stereocenters. The van der Waals surface area contributed by atoms with Gasteiger partial charge in [-0.05, 0) is 58.7 Å². The molecule has 0 aliphatic heterocycles. The highest BCUT2D eigenvalue weighted by Gasteiger charge is 2.13. The Morgan fingerprint density at radius 2 is 2.05 bits per heavy atom. The fraction of sp³-hybridized carbons (Fsp3) is 0.0714. The van der Waals surface area contributed by atoms with Crippen LogP contribution in [-0.2, 0) is 0 Å². The van der Waals surface area contributed by atoms with Gasteiger partial charge in [-0.15, -0.1) is 0 Å². The molecule has 3 nitrogen and oxygen atoms in total. The van der Waals surface area contributed by atoms with Crippen molar-refractivity contribution in [3.05, 3.63) is 57.8 Å². The maximum absolute atomic E-state index is 13.4. The number of benzene rings is 2. The third-order valence-corrected chi connectivity index (χ3v) is 3.50. The van der Waals surface area contributed by atoms with E-state index in [0.717, 1.165) is 5.56 Å². The van der Waals surface area contributed by atoms with Crippen molar-refractivity contribution >= 4 is 33.2 Å². The quantitative estimate of drug-likeness (QED) is 0.828. The fourth-order valence-corrected chi connectivity index (χ4v) is 2.14. The Bertz CT molecular complexity index is 643. The predicted octanol–water partition coefficient (Wildman–Crippen LogP) is 3.73. The third kappa shape index (κ3) is 2.93. The Morgan fingerprint density at radius 1 is 1.32 bits per heavy atom. The van der Waals surface area contributed by atoms with Crippen LogP contribution in [0, 0.1) is 12.7 Å². The summed E-state index contributed by atoms with van der Waals surface area (Å²) in [5, 5.41) is 2.73. The smallest absolute Gasteiger partial charge is 0.256 e. The molecule has 0 aliphatic carbocycles. The summed E-state index contributed by atoms with van der Waals surface area (Å²) in [4.78, 5) is 12.1. The predicted molar refractivity (Wildman–Crippen MR) is 77.6 cm³/mol. The number of halogens is 2. The first-order valence-corrected chi connectivity index (χ1v) is 6.40. The van der Waals surface area contributed by atoms with E-state index in [1.165, 1.54) is 12.1 Å². The maximum Gasteiger partial charge on any atom is 0.256 e. The van der Waals surface area contributed by atoms with Crippen LogP contribution in [0.3, 0.4) is 0 Å². The molecule has 0 radical (unpaired) electrons. The minimum Gasteiger partial charge on any atom is -0.399 e. The van der Waals surface area contributed by atoms with Gasteiger partial charge in [0.25, 0.3) is 5.91 Å². The SMILES string of the molecule is Cc1cc(N)ccc1NC(=O)c1cccc(F)c1Br. The van der Waals surface area contributed by atoms with Crippen LogP contribution in [0.25, 0.3) is 0 Å². The molecule has 1 amide bonds. The maximum atomic E-state index is 13.4. The van der Waals surface area contributed by atoms with Crippen LogP contribution in [0.4, 0.5) is 15.8 Å². The highest BCUT2D eigenvalue weighted by Crippen LogP contribution is 2.23. The van der Waals surface area contributed by atoms with Crippen LogP contribution < -0.4 is 11.1 Å². The third-order valence-electron chi connectivity index (χ3n) is 2.69. The van der Waals surface area contributed by atoms with Crippen LogP contribution in [0.5, 0.6) is 0 Å². The zero-order chi connectivity index (χ0) is 14.0. The van der Waals surface area contributed by atoms with Gasteiger partial charge in [0.15, 0.2) is 0 Å². The molecule has 2 rings (SSSR count).